The summed E-state index contributed by atoms with van der Waals surface area (Å²) in [5, 5.41) is 5.00. The van der Waals surface area contributed by atoms with Crippen molar-refractivity contribution in [2.75, 3.05) is 26.2 Å². The van der Waals surface area contributed by atoms with Gasteiger partial charge in [0.2, 0.25) is 5.91 Å². The molecule has 0 radical (unpaired) electrons. The first-order valence-electron chi connectivity index (χ1n) is 12.2. The van der Waals surface area contributed by atoms with Gasteiger partial charge in [-0.2, -0.15) is 5.10 Å². The topological polar surface area (TPSA) is 41.4 Å². The zero-order chi connectivity index (χ0) is 23.4. The van der Waals surface area contributed by atoms with E-state index in [0.29, 0.717) is 5.91 Å². The Hall–Kier alpha value is -2.92. The Morgan fingerprint density at radius 1 is 1.00 bits per heavy atom. The molecule has 0 unspecified atom stereocenters. The summed E-state index contributed by atoms with van der Waals surface area (Å²) in [6.07, 6.45) is 4.04. The van der Waals surface area contributed by atoms with Crippen molar-refractivity contribution in [2.45, 2.75) is 47.1 Å². The van der Waals surface area contributed by atoms with Crippen molar-refractivity contribution in [1.82, 2.24) is 19.6 Å². The molecule has 0 saturated carbocycles. The molecule has 2 heterocycles. The van der Waals surface area contributed by atoms with Gasteiger partial charge in [-0.3, -0.25) is 9.69 Å². The van der Waals surface area contributed by atoms with Crippen molar-refractivity contribution >= 4 is 5.91 Å². The first-order chi connectivity index (χ1) is 16.0. The smallest absolute Gasteiger partial charge is 0.225 e. The lowest BCUT2D eigenvalue weighted by Gasteiger charge is -2.33. The Morgan fingerprint density at radius 2 is 1.70 bits per heavy atom. The van der Waals surface area contributed by atoms with Crippen molar-refractivity contribution in [3.8, 4) is 16.9 Å². The van der Waals surface area contributed by atoms with Gasteiger partial charge in [0.15, 0.2) is 0 Å². The zero-order valence-electron chi connectivity index (χ0n) is 20.4. The molecule has 3 aromatic rings. The van der Waals surface area contributed by atoms with Crippen LogP contribution in [0.3, 0.4) is 0 Å². The van der Waals surface area contributed by atoms with Crippen LogP contribution in [-0.2, 0) is 11.3 Å². The third kappa shape index (κ3) is 5.36. The van der Waals surface area contributed by atoms with E-state index in [1.54, 1.807) is 0 Å². The Balaban J connectivity index is 1.54. The molecule has 4 rings (SSSR count). The predicted octanol–water partition coefficient (Wildman–Crippen LogP) is 5.24. The normalized spacial score (nSPS) is 15.0. The van der Waals surface area contributed by atoms with Crippen LogP contribution >= 0.6 is 0 Å². The highest BCUT2D eigenvalue weighted by Gasteiger charge is 2.28. The molecule has 0 atom stereocenters. The predicted molar refractivity (Wildman–Crippen MR) is 134 cm³/mol. The molecule has 1 aliphatic rings. The first kappa shape index (κ1) is 23.2. The number of carbonyl (C=O) groups is 1. The summed E-state index contributed by atoms with van der Waals surface area (Å²) in [5.74, 6) is 0.486. The van der Waals surface area contributed by atoms with Crippen LogP contribution < -0.4 is 0 Å². The SMILES string of the molecule is CCN(CC)C(=O)C1CCN(Cc2cn(-c3ccc(C)cc3)nc2-c2cccc(C)c2)CC1. The highest BCUT2D eigenvalue weighted by atomic mass is 16.2. The second-order valence-corrected chi connectivity index (χ2v) is 9.21. The quantitative estimate of drug-likeness (QED) is 0.501. The molecular formula is C28H36N4O. The fourth-order valence-electron chi connectivity index (χ4n) is 4.76. The number of aryl methyl sites for hydroxylation is 2. The number of carbonyl (C=O) groups excluding carboxylic acids is 1. The number of likely N-dealkylation sites (tertiary alicyclic amines) is 1. The maximum atomic E-state index is 12.8. The molecule has 0 spiro atoms. The average Bonchev–Trinajstić information content (AvgIpc) is 3.24. The van der Waals surface area contributed by atoms with Gasteiger partial charge >= 0.3 is 0 Å². The number of benzene rings is 2. The lowest BCUT2D eigenvalue weighted by Crippen LogP contribution is -2.42. The standard InChI is InChI=1S/C28H36N4O/c1-5-31(6-2)28(33)23-14-16-30(17-15-23)19-25-20-32(26-12-10-21(3)11-13-26)29-27(25)24-9-7-8-22(4)18-24/h7-13,18,20,23H,5-6,14-17,19H2,1-4H3. The Kier molecular flexibility index (Phi) is 7.29. The average molecular weight is 445 g/mol. The van der Waals surface area contributed by atoms with Crippen LogP contribution in [0.15, 0.2) is 54.7 Å². The van der Waals surface area contributed by atoms with Crippen molar-refractivity contribution in [3.63, 3.8) is 0 Å². The van der Waals surface area contributed by atoms with Crippen molar-refractivity contribution in [2.24, 2.45) is 5.92 Å². The second kappa shape index (κ2) is 10.3. The molecule has 2 aromatic carbocycles. The molecule has 1 saturated heterocycles. The van der Waals surface area contributed by atoms with E-state index < -0.39 is 0 Å². The minimum atomic E-state index is 0.160. The van der Waals surface area contributed by atoms with E-state index >= 15 is 0 Å². The highest BCUT2D eigenvalue weighted by Crippen LogP contribution is 2.28. The second-order valence-electron chi connectivity index (χ2n) is 9.21. The van der Waals surface area contributed by atoms with Crippen LogP contribution in [0, 0.1) is 19.8 Å². The fraction of sp³-hybridized carbons (Fsp3) is 0.429. The van der Waals surface area contributed by atoms with E-state index in [0.717, 1.165) is 62.5 Å². The number of hydrogen-bond donors (Lipinski definition) is 0. The maximum Gasteiger partial charge on any atom is 0.225 e. The van der Waals surface area contributed by atoms with E-state index in [1.165, 1.54) is 16.7 Å². The van der Waals surface area contributed by atoms with Crippen LogP contribution in [0.25, 0.3) is 16.9 Å². The van der Waals surface area contributed by atoms with Gasteiger partial charge < -0.3 is 4.90 Å². The number of rotatable bonds is 7. The highest BCUT2D eigenvalue weighted by molar-refractivity contribution is 5.79. The van der Waals surface area contributed by atoms with E-state index in [2.05, 4.69) is 87.3 Å². The fourth-order valence-corrected chi connectivity index (χ4v) is 4.76. The zero-order valence-corrected chi connectivity index (χ0v) is 20.4. The van der Waals surface area contributed by atoms with Crippen molar-refractivity contribution < 1.29 is 4.79 Å². The Labute approximate surface area is 198 Å². The van der Waals surface area contributed by atoms with Crippen molar-refractivity contribution in [3.05, 3.63) is 71.4 Å². The van der Waals surface area contributed by atoms with Crippen LogP contribution in [0.4, 0.5) is 0 Å². The molecule has 0 aliphatic carbocycles. The number of nitrogens with zero attached hydrogens (tertiary/aromatic N) is 4. The van der Waals surface area contributed by atoms with E-state index in [-0.39, 0.29) is 5.92 Å². The molecule has 0 N–H and O–H groups in total. The minimum Gasteiger partial charge on any atom is -0.343 e. The number of aromatic nitrogens is 2. The van der Waals surface area contributed by atoms with Crippen LogP contribution in [0.1, 0.15) is 43.4 Å². The number of piperidine rings is 1. The van der Waals surface area contributed by atoms with E-state index in [1.807, 2.05) is 9.58 Å². The van der Waals surface area contributed by atoms with Crippen molar-refractivity contribution in [1.29, 1.82) is 0 Å². The summed E-state index contributed by atoms with van der Waals surface area (Å²) in [7, 11) is 0. The minimum absolute atomic E-state index is 0.160. The van der Waals surface area contributed by atoms with Gasteiger partial charge in [0.25, 0.3) is 0 Å². The third-order valence-corrected chi connectivity index (χ3v) is 6.79. The van der Waals surface area contributed by atoms with E-state index in [9.17, 15) is 4.79 Å². The molecule has 33 heavy (non-hydrogen) atoms. The molecular weight excluding hydrogens is 408 g/mol. The van der Waals surface area contributed by atoms with Gasteiger partial charge in [-0.1, -0.05) is 41.5 Å². The van der Waals surface area contributed by atoms with E-state index in [4.69, 9.17) is 5.10 Å². The molecule has 1 amide bonds. The Bertz CT molecular complexity index is 1070. The lowest BCUT2D eigenvalue weighted by atomic mass is 9.94. The lowest BCUT2D eigenvalue weighted by molar-refractivity contribution is -0.136. The largest absolute Gasteiger partial charge is 0.343 e. The molecule has 1 fully saturated rings. The van der Waals surface area contributed by atoms with Gasteiger partial charge in [-0.25, -0.2) is 4.68 Å². The van der Waals surface area contributed by atoms with Crippen LogP contribution in [0.2, 0.25) is 0 Å². The first-order valence-corrected chi connectivity index (χ1v) is 12.2. The van der Waals surface area contributed by atoms with Gasteiger partial charge in [0, 0.05) is 42.9 Å². The molecule has 0 bridgehead atoms. The molecule has 1 aromatic heterocycles. The number of hydrogen-bond acceptors (Lipinski definition) is 3. The van der Waals surface area contributed by atoms with Gasteiger partial charge in [0.1, 0.15) is 0 Å². The molecule has 174 valence electrons. The molecule has 5 nitrogen and oxygen atoms in total. The van der Waals surface area contributed by atoms with Crippen LogP contribution in [0.5, 0.6) is 0 Å². The summed E-state index contributed by atoms with van der Waals surface area (Å²) in [4.78, 5) is 17.2. The summed E-state index contributed by atoms with van der Waals surface area (Å²) in [6.45, 7) is 12.7. The molecule has 5 heteroatoms. The Morgan fingerprint density at radius 3 is 2.33 bits per heavy atom. The van der Waals surface area contributed by atoms with Crippen LogP contribution in [-0.4, -0.2) is 51.7 Å². The van der Waals surface area contributed by atoms with Gasteiger partial charge in [-0.15, -0.1) is 0 Å². The number of amides is 1. The summed E-state index contributed by atoms with van der Waals surface area (Å²) < 4.78 is 2.00. The monoisotopic (exact) mass is 444 g/mol. The van der Waals surface area contributed by atoms with Gasteiger partial charge in [0.05, 0.1) is 11.4 Å². The summed E-state index contributed by atoms with van der Waals surface area (Å²) >= 11 is 0. The van der Waals surface area contributed by atoms with Gasteiger partial charge in [-0.05, 0) is 71.8 Å². The third-order valence-electron chi connectivity index (χ3n) is 6.79. The molecule has 1 aliphatic heterocycles. The summed E-state index contributed by atoms with van der Waals surface area (Å²) in [5.41, 5.74) is 6.98. The maximum absolute atomic E-state index is 12.8. The summed E-state index contributed by atoms with van der Waals surface area (Å²) in [6, 6.07) is 17.1.